The monoisotopic (exact) mass is 480 g/mol. The molecular formula is C26H22ClO5P. The predicted molar refractivity (Wildman–Crippen MR) is 122 cm³/mol. The molecule has 4 aromatic carbocycles. The molecule has 0 aliphatic rings. The van der Waals surface area contributed by atoms with Gasteiger partial charge in [-0.05, 0) is 0 Å². The quantitative estimate of drug-likeness (QED) is 0.279. The number of rotatable bonds is 8. The molecule has 0 spiro atoms. The van der Waals surface area contributed by atoms with Crippen molar-refractivity contribution in [1.29, 1.82) is 0 Å². The molecule has 0 unspecified atom stereocenters. The van der Waals surface area contributed by atoms with Crippen LogP contribution in [0.5, 0.6) is 0 Å². The molecule has 0 atom stereocenters. The van der Waals surface area contributed by atoms with Crippen molar-refractivity contribution in [2.75, 3.05) is 6.16 Å². The summed E-state index contributed by atoms with van der Waals surface area (Å²) in [6.45, 7) is -4.65. The van der Waals surface area contributed by atoms with Gasteiger partial charge in [0.2, 0.25) is 0 Å². The normalized spacial score (nSPS) is 13.1. The molecule has 0 saturated heterocycles. The first-order valence-electron chi connectivity index (χ1n) is 10.2. The summed E-state index contributed by atoms with van der Waals surface area (Å²) in [4.78, 5) is 13.7. The van der Waals surface area contributed by atoms with E-state index >= 15 is 0 Å². The van der Waals surface area contributed by atoms with Crippen LogP contribution in [0.15, 0.2) is 121 Å². The van der Waals surface area contributed by atoms with Crippen LogP contribution in [0, 0.1) is 10.2 Å². The fourth-order valence-corrected chi connectivity index (χ4v) is 11.5. The summed E-state index contributed by atoms with van der Waals surface area (Å²) in [5.41, 5.74) is 0.401. The molecule has 0 N–H and O–H groups in total. The first kappa shape index (κ1) is 23.3. The van der Waals surface area contributed by atoms with Gasteiger partial charge in [0, 0.05) is 0 Å². The van der Waals surface area contributed by atoms with Crippen LogP contribution in [0.25, 0.3) is 0 Å². The molecule has 0 saturated carbocycles. The number of hydrogen-bond donors (Lipinski definition) is 0. The van der Waals surface area contributed by atoms with E-state index in [2.05, 4.69) is 0 Å². The Morgan fingerprint density at radius 3 is 1.27 bits per heavy atom. The maximum absolute atomic E-state index is 13.7. The number of Topliss-reactive ketones (excluding diaryl/α,β-unsaturated/α-hetero) is 1. The second kappa shape index (κ2) is 9.16. The molecule has 0 fully saturated rings. The number of carbonyl (C=O) groups excluding carboxylic acids is 1. The first-order chi connectivity index (χ1) is 15.8. The predicted octanol–water partition coefficient (Wildman–Crippen LogP) is 1.23. The summed E-state index contributed by atoms with van der Waals surface area (Å²) < 4.78 is 43.0. The van der Waals surface area contributed by atoms with Crippen molar-refractivity contribution in [3.05, 3.63) is 127 Å². The summed E-state index contributed by atoms with van der Waals surface area (Å²) in [5.74, 6) is -0.330. The molecular weight excluding hydrogens is 459 g/mol. The van der Waals surface area contributed by atoms with Crippen LogP contribution < -0.4 is 29.9 Å². The van der Waals surface area contributed by atoms with Gasteiger partial charge in [-0.25, -0.2) is 0 Å². The molecule has 4 rings (SSSR count). The van der Waals surface area contributed by atoms with Crippen molar-refractivity contribution in [1.82, 2.24) is 0 Å². The average molecular weight is 481 g/mol. The molecule has 168 valence electrons. The van der Waals surface area contributed by atoms with Gasteiger partial charge in [0.25, 0.3) is 0 Å². The van der Waals surface area contributed by atoms with E-state index < -0.39 is 17.1 Å². The van der Waals surface area contributed by atoms with E-state index in [-0.39, 0.29) is 11.9 Å². The Balaban J connectivity index is 2.15. The van der Waals surface area contributed by atoms with Crippen LogP contribution in [0.1, 0.15) is 10.4 Å². The van der Waals surface area contributed by atoms with Crippen molar-refractivity contribution in [3.63, 3.8) is 0 Å². The number of carbonyl (C=O) groups is 1. The molecule has 0 bridgehead atoms. The zero-order valence-electron chi connectivity index (χ0n) is 17.6. The molecule has 0 radical (unpaired) electrons. The minimum absolute atomic E-state index is 0.330. The Bertz CT molecular complexity index is 1110. The molecule has 0 aliphatic heterocycles. The summed E-state index contributed by atoms with van der Waals surface area (Å²) in [7, 11) is -4.92. The van der Waals surface area contributed by atoms with Gasteiger partial charge in [-0.15, -0.1) is 0 Å². The van der Waals surface area contributed by atoms with Crippen LogP contribution in [-0.2, 0) is 4.08 Å². The van der Waals surface area contributed by atoms with Crippen LogP contribution in [0.3, 0.4) is 0 Å². The Kier molecular flexibility index (Phi) is 6.46. The molecule has 0 heterocycles. The van der Waals surface area contributed by atoms with Crippen LogP contribution in [0.2, 0.25) is 0 Å². The SMILES string of the molecule is O=C(CP(O[Cl+3]([O-])([O-])[O-])(c1ccccc1)(c1ccccc1)c1ccccc1)c1ccccc1. The zero-order valence-corrected chi connectivity index (χ0v) is 19.3. The third-order valence-corrected chi connectivity index (χ3v) is 12.6. The van der Waals surface area contributed by atoms with Crippen LogP contribution in [0.4, 0.5) is 0 Å². The summed E-state index contributed by atoms with van der Waals surface area (Å²) in [6.07, 6.45) is -0.331. The Labute approximate surface area is 194 Å². The van der Waals surface area contributed by atoms with Crippen LogP contribution in [-0.4, -0.2) is 11.9 Å². The van der Waals surface area contributed by atoms with Crippen molar-refractivity contribution in [3.8, 4) is 0 Å². The van der Waals surface area contributed by atoms with Gasteiger partial charge < -0.3 is 0 Å². The van der Waals surface area contributed by atoms with E-state index in [1.54, 1.807) is 121 Å². The summed E-state index contributed by atoms with van der Waals surface area (Å²) in [5, 5.41) is 1.41. The molecule has 0 aromatic heterocycles. The molecule has 4 aromatic rings. The molecule has 5 nitrogen and oxygen atoms in total. The zero-order chi connectivity index (χ0) is 23.4. The number of halogens is 1. The first-order valence-corrected chi connectivity index (χ1v) is 13.8. The summed E-state index contributed by atoms with van der Waals surface area (Å²) >= 11 is 0. The van der Waals surface area contributed by atoms with Gasteiger partial charge in [0.15, 0.2) is 0 Å². The maximum atomic E-state index is 13.7. The number of ketones is 1. The summed E-state index contributed by atoms with van der Waals surface area (Å²) in [6, 6.07) is 34.7. The van der Waals surface area contributed by atoms with Crippen molar-refractivity contribution in [2.24, 2.45) is 0 Å². The van der Waals surface area contributed by atoms with Crippen molar-refractivity contribution in [2.45, 2.75) is 0 Å². The number of hydrogen-bond acceptors (Lipinski definition) is 5. The van der Waals surface area contributed by atoms with E-state index in [1.165, 1.54) is 0 Å². The second-order valence-electron chi connectivity index (χ2n) is 7.61. The Morgan fingerprint density at radius 1 is 0.606 bits per heavy atom. The molecule has 0 amide bonds. The van der Waals surface area contributed by atoms with Crippen molar-refractivity contribution < 1.29 is 33.1 Å². The van der Waals surface area contributed by atoms with Gasteiger partial charge in [-0.3, -0.25) is 0 Å². The standard InChI is InChI=1S/C26H22ClO5P/c28-26(22-13-5-1-6-14-22)21-33(32-27(29,30)31,23-15-7-2-8-16-23,24-17-9-3-10-18-24)25-19-11-4-12-20-25/h1-20H,21H2. The van der Waals surface area contributed by atoms with Crippen molar-refractivity contribution >= 4 is 28.5 Å². The third kappa shape index (κ3) is 4.35. The Morgan fingerprint density at radius 2 is 0.939 bits per heavy atom. The third-order valence-electron chi connectivity index (χ3n) is 5.69. The van der Waals surface area contributed by atoms with E-state index in [0.29, 0.717) is 21.5 Å². The van der Waals surface area contributed by atoms with E-state index in [9.17, 15) is 18.8 Å². The van der Waals surface area contributed by atoms with Gasteiger partial charge in [-0.1, -0.05) is 0 Å². The fraction of sp³-hybridized carbons (Fsp3) is 0.0385. The average Bonchev–Trinajstić information content (AvgIpc) is 2.85. The van der Waals surface area contributed by atoms with E-state index in [0.717, 1.165) is 0 Å². The molecule has 33 heavy (non-hydrogen) atoms. The molecule has 0 aliphatic carbocycles. The van der Waals surface area contributed by atoms with Gasteiger partial charge in [0.1, 0.15) is 0 Å². The van der Waals surface area contributed by atoms with E-state index in [4.69, 9.17) is 4.08 Å². The van der Waals surface area contributed by atoms with Gasteiger partial charge in [-0.2, -0.15) is 0 Å². The topological polar surface area (TPSA) is 95.5 Å². The van der Waals surface area contributed by atoms with E-state index in [1.807, 2.05) is 0 Å². The number of benzene rings is 4. The van der Waals surface area contributed by atoms with Crippen LogP contribution >= 0.6 is 6.83 Å². The molecule has 7 heteroatoms. The Hall–Kier alpha value is -2.89. The fourth-order valence-electron chi connectivity index (χ4n) is 4.27. The van der Waals surface area contributed by atoms with Gasteiger partial charge >= 0.3 is 195 Å². The van der Waals surface area contributed by atoms with Gasteiger partial charge in [0.05, 0.1) is 0 Å². The second-order valence-corrected chi connectivity index (χ2v) is 13.2. The minimum atomic E-state index is -4.92.